The van der Waals surface area contributed by atoms with E-state index in [1.807, 2.05) is 18.4 Å². The molecule has 0 saturated carbocycles. The first-order valence-corrected chi connectivity index (χ1v) is 6.34. The summed E-state index contributed by atoms with van der Waals surface area (Å²) >= 11 is 1.87. The molecule has 2 N–H and O–H groups in total. The molecule has 2 heterocycles. The fraction of sp³-hybridized carbons (Fsp3) is 0.583. The van der Waals surface area contributed by atoms with Gasteiger partial charge in [-0.2, -0.15) is 0 Å². The Kier molecular flexibility index (Phi) is 2.70. The van der Waals surface area contributed by atoms with Gasteiger partial charge in [-0.3, -0.25) is 4.99 Å². The van der Waals surface area contributed by atoms with E-state index in [1.54, 1.807) is 0 Å². The first-order valence-electron chi connectivity index (χ1n) is 5.52. The number of hydrogen-bond donors (Lipinski definition) is 1. The molecule has 0 amide bonds. The van der Waals surface area contributed by atoms with Crippen molar-refractivity contribution in [3.63, 3.8) is 0 Å². The predicted octanol–water partition coefficient (Wildman–Crippen LogP) is 2.35. The maximum Gasteiger partial charge on any atom is 0.191 e. The van der Waals surface area contributed by atoms with Crippen molar-refractivity contribution in [1.29, 1.82) is 0 Å². The van der Waals surface area contributed by atoms with Gasteiger partial charge in [0.05, 0.1) is 12.6 Å². The van der Waals surface area contributed by atoms with E-state index in [-0.39, 0.29) is 5.41 Å². The minimum atomic E-state index is 0.229. The number of aliphatic imine (C=N–C) groups is 1. The van der Waals surface area contributed by atoms with Crippen molar-refractivity contribution in [2.75, 3.05) is 13.6 Å². The highest BCUT2D eigenvalue weighted by Crippen LogP contribution is 2.35. The van der Waals surface area contributed by atoms with E-state index in [0.29, 0.717) is 12.0 Å². The monoisotopic (exact) mass is 237 g/mol. The lowest BCUT2D eigenvalue weighted by molar-refractivity contribution is 0.420. The first-order chi connectivity index (χ1) is 7.39. The largest absolute Gasteiger partial charge is 0.370 e. The van der Waals surface area contributed by atoms with Gasteiger partial charge in [0.2, 0.25) is 0 Å². The number of thiophene rings is 1. The van der Waals surface area contributed by atoms with Crippen LogP contribution in [0, 0.1) is 0 Å². The summed E-state index contributed by atoms with van der Waals surface area (Å²) in [6.45, 7) is 7.51. The van der Waals surface area contributed by atoms with Crippen LogP contribution >= 0.6 is 11.3 Å². The lowest BCUT2D eigenvalue weighted by Gasteiger charge is -2.20. The molecule has 1 unspecified atom stereocenters. The molecule has 0 aliphatic carbocycles. The molecular formula is C12H19N3S. The van der Waals surface area contributed by atoms with E-state index < -0.39 is 0 Å². The molecule has 4 heteroatoms. The molecule has 1 atom stereocenters. The molecule has 0 radical (unpaired) electrons. The highest BCUT2D eigenvalue weighted by Gasteiger charge is 2.26. The van der Waals surface area contributed by atoms with Crippen LogP contribution in [0.1, 0.15) is 36.6 Å². The molecule has 0 saturated heterocycles. The van der Waals surface area contributed by atoms with Crippen molar-refractivity contribution in [3.05, 3.63) is 21.9 Å². The molecule has 1 aromatic rings. The summed E-state index contributed by atoms with van der Waals surface area (Å²) in [7, 11) is 2.01. The predicted molar refractivity (Wildman–Crippen MR) is 70.0 cm³/mol. The van der Waals surface area contributed by atoms with Gasteiger partial charge in [0.1, 0.15) is 0 Å². The smallest absolute Gasteiger partial charge is 0.191 e. The van der Waals surface area contributed by atoms with Crippen LogP contribution in [0.25, 0.3) is 0 Å². The van der Waals surface area contributed by atoms with E-state index >= 15 is 0 Å². The molecular weight excluding hydrogens is 218 g/mol. The zero-order chi connectivity index (χ0) is 11.9. The van der Waals surface area contributed by atoms with Crippen LogP contribution in [-0.2, 0) is 5.41 Å². The van der Waals surface area contributed by atoms with Crippen molar-refractivity contribution < 1.29 is 0 Å². The molecule has 88 valence electrons. The molecule has 0 spiro atoms. The van der Waals surface area contributed by atoms with Gasteiger partial charge in [-0.1, -0.05) is 20.8 Å². The van der Waals surface area contributed by atoms with E-state index in [0.717, 1.165) is 6.54 Å². The van der Waals surface area contributed by atoms with Crippen LogP contribution in [0.3, 0.4) is 0 Å². The third-order valence-electron chi connectivity index (χ3n) is 2.95. The Hall–Kier alpha value is -1.03. The van der Waals surface area contributed by atoms with Crippen molar-refractivity contribution in [2.24, 2.45) is 10.7 Å². The third kappa shape index (κ3) is 1.94. The average Bonchev–Trinajstić information content (AvgIpc) is 2.74. The Morgan fingerprint density at radius 3 is 2.56 bits per heavy atom. The number of rotatable bonds is 1. The summed E-state index contributed by atoms with van der Waals surface area (Å²) in [5, 5.41) is 0. The molecule has 3 nitrogen and oxygen atoms in total. The summed E-state index contributed by atoms with van der Waals surface area (Å²) in [4.78, 5) is 9.10. The van der Waals surface area contributed by atoms with E-state index in [4.69, 9.17) is 5.73 Å². The quantitative estimate of drug-likeness (QED) is 0.814. The SMILES string of the molecule is CN1C(N)=NCC1c1ccc(C(C)(C)C)s1. The van der Waals surface area contributed by atoms with Crippen LogP contribution in [0.15, 0.2) is 17.1 Å². The van der Waals surface area contributed by atoms with E-state index in [9.17, 15) is 0 Å². The molecule has 2 rings (SSSR count). The standard InChI is InChI=1S/C12H19N3S/c1-12(2,3)10-6-5-9(16-10)8-7-14-11(13)15(8)4/h5-6,8H,7H2,1-4H3,(H2,13,14). The zero-order valence-electron chi connectivity index (χ0n) is 10.3. The van der Waals surface area contributed by atoms with Crippen molar-refractivity contribution in [2.45, 2.75) is 32.2 Å². The van der Waals surface area contributed by atoms with Crippen LogP contribution in [0.4, 0.5) is 0 Å². The summed E-state index contributed by atoms with van der Waals surface area (Å²) in [6, 6.07) is 4.77. The summed E-state index contributed by atoms with van der Waals surface area (Å²) in [6.07, 6.45) is 0. The lowest BCUT2D eigenvalue weighted by Crippen LogP contribution is -2.31. The fourth-order valence-corrected chi connectivity index (χ4v) is 2.99. The van der Waals surface area contributed by atoms with Gasteiger partial charge in [-0.05, 0) is 17.5 Å². The fourth-order valence-electron chi connectivity index (χ4n) is 1.79. The van der Waals surface area contributed by atoms with Gasteiger partial charge in [0.15, 0.2) is 5.96 Å². The number of guanidine groups is 1. The number of nitrogens with zero attached hydrogens (tertiary/aromatic N) is 2. The Morgan fingerprint density at radius 1 is 1.44 bits per heavy atom. The maximum absolute atomic E-state index is 5.78. The Bertz CT molecular complexity index is 414. The van der Waals surface area contributed by atoms with Gasteiger partial charge >= 0.3 is 0 Å². The summed E-state index contributed by atoms with van der Waals surface area (Å²) in [5.41, 5.74) is 6.01. The van der Waals surface area contributed by atoms with Gasteiger partial charge in [-0.15, -0.1) is 11.3 Å². The van der Waals surface area contributed by atoms with Gasteiger partial charge in [0, 0.05) is 16.8 Å². The van der Waals surface area contributed by atoms with Crippen LogP contribution in [0.2, 0.25) is 0 Å². The highest BCUT2D eigenvalue weighted by atomic mass is 32.1. The number of hydrogen-bond acceptors (Lipinski definition) is 4. The molecule has 0 aromatic carbocycles. The molecule has 0 fully saturated rings. The van der Waals surface area contributed by atoms with E-state index in [1.165, 1.54) is 9.75 Å². The van der Waals surface area contributed by atoms with Crippen molar-refractivity contribution in [3.8, 4) is 0 Å². The molecule has 16 heavy (non-hydrogen) atoms. The number of nitrogens with two attached hydrogens (primary N) is 1. The topological polar surface area (TPSA) is 41.6 Å². The second-order valence-corrected chi connectivity index (χ2v) is 6.39. The molecule has 0 bridgehead atoms. The number of likely N-dealkylation sites (N-methyl/N-ethyl adjacent to an activating group) is 1. The van der Waals surface area contributed by atoms with Crippen LogP contribution < -0.4 is 5.73 Å². The molecule has 1 aromatic heterocycles. The second kappa shape index (κ2) is 3.77. The van der Waals surface area contributed by atoms with Gasteiger partial charge in [0.25, 0.3) is 0 Å². The maximum atomic E-state index is 5.78. The molecule has 1 aliphatic heterocycles. The van der Waals surface area contributed by atoms with Crippen molar-refractivity contribution >= 4 is 17.3 Å². The van der Waals surface area contributed by atoms with Crippen molar-refractivity contribution in [1.82, 2.24) is 4.90 Å². The minimum Gasteiger partial charge on any atom is -0.370 e. The Labute approximate surface area is 101 Å². The van der Waals surface area contributed by atoms with Crippen LogP contribution in [0.5, 0.6) is 0 Å². The second-order valence-electron chi connectivity index (χ2n) is 5.28. The minimum absolute atomic E-state index is 0.229. The lowest BCUT2D eigenvalue weighted by atomic mass is 9.95. The summed E-state index contributed by atoms with van der Waals surface area (Å²) < 4.78 is 0. The zero-order valence-corrected chi connectivity index (χ0v) is 11.1. The first kappa shape index (κ1) is 11.5. The van der Waals surface area contributed by atoms with Gasteiger partial charge < -0.3 is 10.6 Å². The van der Waals surface area contributed by atoms with Gasteiger partial charge in [-0.25, -0.2) is 0 Å². The Morgan fingerprint density at radius 2 is 2.12 bits per heavy atom. The average molecular weight is 237 g/mol. The Balaban J connectivity index is 2.21. The molecule has 1 aliphatic rings. The van der Waals surface area contributed by atoms with Crippen LogP contribution in [-0.4, -0.2) is 24.5 Å². The highest BCUT2D eigenvalue weighted by molar-refractivity contribution is 7.12. The summed E-state index contributed by atoms with van der Waals surface area (Å²) in [5.74, 6) is 0.649. The van der Waals surface area contributed by atoms with E-state index in [2.05, 4.69) is 42.8 Å². The normalized spacial score (nSPS) is 21.4. The third-order valence-corrected chi connectivity index (χ3v) is 4.56.